The lowest BCUT2D eigenvalue weighted by molar-refractivity contribution is -0.142. The number of hydrogen-bond acceptors (Lipinski definition) is 5. The molecule has 0 aliphatic heterocycles. The second kappa shape index (κ2) is 6.75. The SMILES string of the molecule is COc1cccc(OC)c1C(C)(O)CC(OC)OC. The molecule has 0 spiro atoms. The Hall–Kier alpha value is -1.30. The fraction of sp³-hybridized carbons (Fsp3) is 0.571. The molecule has 0 radical (unpaired) electrons. The van der Waals surface area contributed by atoms with Crippen LogP contribution in [-0.4, -0.2) is 39.8 Å². The molecule has 0 amide bonds. The number of rotatable bonds is 7. The minimum absolute atomic E-state index is 0.261. The minimum Gasteiger partial charge on any atom is -0.496 e. The van der Waals surface area contributed by atoms with Crippen LogP contribution in [-0.2, 0) is 15.1 Å². The van der Waals surface area contributed by atoms with Crippen molar-refractivity contribution in [3.05, 3.63) is 23.8 Å². The van der Waals surface area contributed by atoms with Gasteiger partial charge in [-0.25, -0.2) is 0 Å². The van der Waals surface area contributed by atoms with Crippen molar-refractivity contribution in [3.63, 3.8) is 0 Å². The van der Waals surface area contributed by atoms with E-state index in [4.69, 9.17) is 18.9 Å². The van der Waals surface area contributed by atoms with Crippen molar-refractivity contribution in [2.45, 2.75) is 25.2 Å². The van der Waals surface area contributed by atoms with Gasteiger partial charge in [-0.1, -0.05) is 6.07 Å². The summed E-state index contributed by atoms with van der Waals surface area (Å²) >= 11 is 0. The minimum atomic E-state index is -1.20. The molecule has 19 heavy (non-hydrogen) atoms. The monoisotopic (exact) mass is 270 g/mol. The zero-order valence-corrected chi connectivity index (χ0v) is 12.1. The summed E-state index contributed by atoms with van der Waals surface area (Å²) in [4.78, 5) is 0. The van der Waals surface area contributed by atoms with Crippen LogP contribution in [0.2, 0.25) is 0 Å². The average molecular weight is 270 g/mol. The molecule has 1 aromatic rings. The highest BCUT2D eigenvalue weighted by molar-refractivity contribution is 5.48. The Kier molecular flexibility index (Phi) is 5.60. The molecule has 108 valence electrons. The Morgan fingerprint density at radius 2 is 1.53 bits per heavy atom. The van der Waals surface area contributed by atoms with Crippen molar-refractivity contribution in [1.82, 2.24) is 0 Å². The highest BCUT2D eigenvalue weighted by atomic mass is 16.7. The lowest BCUT2D eigenvalue weighted by atomic mass is 9.90. The number of hydrogen-bond donors (Lipinski definition) is 1. The summed E-state index contributed by atoms with van der Waals surface area (Å²) in [6.45, 7) is 1.68. The summed E-state index contributed by atoms with van der Waals surface area (Å²) in [5.74, 6) is 1.13. The fourth-order valence-corrected chi connectivity index (χ4v) is 2.07. The molecule has 1 N–H and O–H groups in total. The Morgan fingerprint density at radius 3 is 1.89 bits per heavy atom. The Bertz CT molecular complexity index is 377. The topological polar surface area (TPSA) is 57.2 Å². The first-order valence-electron chi connectivity index (χ1n) is 5.99. The first-order valence-corrected chi connectivity index (χ1v) is 5.99. The molecule has 1 atom stereocenters. The molecule has 1 aromatic carbocycles. The van der Waals surface area contributed by atoms with E-state index in [2.05, 4.69) is 0 Å². The summed E-state index contributed by atoms with van der Waals surface area (Å²) in [6, 6.07) is 5.36. The normalized spacial score (nSPS) is 14.3. The van der Waals surface area contributed by atoms with Gasteiger partial charge in [0.05, 0.1) is 25.4 Å². The number of benzene rings is 1. The van der Waals surface area contributed by atoms with Crippen LogP contribution in [0.15, 0.2) is 18.2 Å². The first-order chi connectivity index (χ1) is 9.00. The molecular weight excluding hydrogens is 248 g/mol. The largest absolute Gasteiger partial charge is 0.496 e. The Balaban J connectivity index is 3.18. The third-order valence-corrected chi connectivity index (χ3v) is 3.06. The number of ether oxygens (including phenoxy) is 4. The van der Waals surface area contributed by atoms with E-state index in [1.165, 1.54) is 14.2 Å². The molecule has 0 saturated heterocycles. The van der Waals surface area contributed by atoms with Crippen molar-refractivity contribution in [1.29, 1.82) is 0 Å². The summed E-state index contributed by atoms with van der Waals surface area (Å²) in [5, 5.41) is 10.7. The van der Waals surface area contributed by atoms with E-state index >= 15 is 0 Å². The van der Waals surface area contributed by atoms with Gasteiger partial charge in [0.2, 0.25) is 0 Å². The van der Waals surface area contributed by atoms with E-state index in [0.717, 1.165) is 0 Å². The summed E-state index contributed by atoms with van der Waals surface area (Å²) in [5.41, 5.74) is -0.617. The second-order valence-corrected chi connectivity index (χ2v) is 4.42. The Labute approximate surface area is 114 Å². The zero-order valence-electron chi connectivity index (χ0n) is 12.1. The predicted octanol–water partition coefficient (Wildman–Crippen LogP) is 1.92. The van der Waals surface area contributed by atoms with Crippen molar-refractivity contribution < 1.29 is 24.1 Å². The van der Waals surface area contributed by atoms with Gasteiger partial charge in [0.15, 0.2) is 6.29 Å². The molecule has 0 aliphatic rings. The van der Waals surface area contributed by atoms with Gasteiger partial charge in [-0.05, 0) is 19.1 Å². The van der Waals surface area contributed by atoms with Crippen LogP contribution in [0.1, 0.15) is 18.9 Å². The summed E-state index contributed by atoms with van der Waals surface area (Å²) in [7, 11) is 6.17. The van der Waals surface area contributed by atoms with Gasteiger partial charge in [-0.15, -0.1) is 0 Å². The lowest BCUT2D eigenvalue weighted by Gasteiger charge is -2.30. The van der Waals surface area contributed by atoms with Gasteiger partial charge in [-0.3, -0.25) is 0 Å². The van der Waals surface area contributed by atoms with Gasteiger partial charge in [0, 0.05) is 20.6 Å². The van der Waals surface area contributed by atoms with E-state index < -0.39 is 11.9 Å². The Morgan fingerprint density at radius 1 is 1.05 bits per heavy atom. The van der Waals surface area contributed by atoms with E-state index in [-0.39, 0.29) is 6.42 Å². The third kappa shape index (κ3) is 3.59. The van der Waals surface area contributed by atoms with Gasteiger partial charge in [0.25, 0.3) is 0 Å². The maximum Gasteiger partial charge on any atom is 0.159 e. The van der Waals surface area contributed by atoms with Crippen LogP contribution in [0, 0.1) is 0 Å². The van der Waals surface area contributed by atoms with Crippen molar-refractivity contribution in [3.8, 4) is 11.5 Å². The van der Waals surface area contributed by atoms with Crippen molar-refractivity contribution in [2.24, 2.45) is 0 Å². The number of methoxy groups -OCH3 is 4. The zero-order chi connectivity index (χ0) is 14.5. The number of aliphatic hydroxyl groups is 1. The molecule has 0 heterocycles. The molecule has 1 unspecified atom stereocenters. The predicted molar refractivity (Wildman–Crippen MR) is 71.5 cm³/mol. The van der Waals surface area contributed by atoms with E-state index in [1.807, 2.05) is 0 Å². The summed E-state index contributed by atoms with van der Waals surface area (Å²) < 4.78 is 20.9. The molecule has 5 nitrogen and oxygen atoms in total. The van der Waals surface area contributed by atoms with Crippen LogP contribution in [0.3, 0.4) is 0 Å². The lowest BCUT2D eigenvalue weighted by Crippen LogP contribution is -2.30. The van der Waals surface area contributed by atoms with E-state index in [1.54, 1.807) is 39.3 Å². The van der Waals surface area contributed by atoms with Crippen LogP contribution in [0.4, 0.5) is 0 Å². The van der Waals surface area contributed by atoms with E-state index in [9.17, 15) is 5.11 Å². The fourth-order valence-electron chi connectivity index (χ4n) is 2.07. The molecular formula is C14H22O5. The van der Waals surface area contributed by atoms with Crippen molar-refractivity contribution in [2.75, 3.05) is 28.4 Å². The van der Waals surface area contributed by atoms with Gasteiger partial charge in [-0.2, -0.15) is 0 Å². The second-order valence-electron chi connectivity index (χ2n) is 4.42. The highest BCUT2D eigenvalue weighted by Gasteiger charge is 2.33. The standard InChI is InChI=1S/C14H22O5/c1-14(15,9-12(18-4)19-5)13-10(16-2)7-6-8-11(13)17-3/h6-8,12,15H,9H2,1-5H3. The smallest absolute Gasteiger partial charge is 0.159 e. The van der Waals surface area contributed by atoms with Gasteiger partial charge >= 0.3 is 0 Å². The average Bonchev–Trinajstić information content (AvgIpc) is 2.43. The third-order valence-electron chi connectivity index (χ3n) is 3.06. The quantitative estimate of drug-likeness (QED) is 0.767. The molecule has 0 bridgehead atoms. The first kappa shape index (κ1) is 15.8. The van der Waals surface area contributed by atoms with Crippen LogP contribution in [0.5, 0.6) is 11.5 Å². The molecule has 5 heteroatoms. The maximum atomic E-state index is 10.7. The van der Waals surface area contributed by atoms with Gasteiger partial charge in [0.1, 0.15) is 11.5 Å². The summed E-state index contributed by atoms with van der Waals surface area (Å²) in [6.07, 6.45) is -0.249. The molecule has 0 aliphatic carbocycles. The van der Waals surface area contributed by atoms with Gasteiger partial charge < -0.3 is 24.1 Å². The molecule has 1 rings (SSSR count). The van der Waals surface area contributed by atoms with Crippen LogP contribution >= 0.6 is 0 Å². The van der Waals surface area contributed by atoms with E-state index in [0.29, 0.717) is 17.1 Å². The van der Waals surface area contributed by atoms with Crippen LogP contribution < -0.4 is 9.47 Å². The molecule has 0 fully saturated rings. The maximum absolute atomic E-state index is 10.7. The molecule has 0 saturated carbocycles. The van der Waals surface area contributed by atoms with Crippen LogP contribution in [0.25, 0.3) is 0 Å². The highest BCUT2D eigenvalue weighted by Crippen LogP contribution is 2.40. The van der Waals surface area contributed by atoms with Crippen molar-refractivity contribution >= 4 is 0 Å². The molecule has 0 aromatic heterocycles.